The molecule has 1 aromatic rings. The minimum absolute atomic E-state index is 0.176. The molecule has 1 rings (SSSR count). The lowest BCUT2D eigenvalue weighted by Crippen LogP contribution is -2.14. The summed E-state index contributed by atoms with van der Waals surface area (Å²) in [5.41, 5.74) is 2.51. The molecule has 3 nitrogen and oxygen atoms in total. The molecule has 1 aromatic carbocycles. The molecule has 0 radical (unpaired) electrons. The zero-order valence-electron chi connectivity index (χ0n) is 17.3. The normalized spacial score (nSPS) is 12.2. The van der Waals surface area contributed by atoms with Crippen molar-refractivity contribution in [2.45, 2.75) is 97.8 Å². The van der Waals surface area contributed by atoms with Crippen molar-refractivity contribution >= 4 is 5.97 Å². The number of aryl methyl sites for hydroxylation is 2. The van der Waals surface area contributed by atoms with E-state index in [0.29, 0.717) is 12.4 Å². The topological polar surface area (TPSA) is 46.5 Å². The van der Waals surface area contributed by atoms with E-state index in [4.69, 9.17) is 4.74 Å². The molecule has 0 aliphatic heterocycles. The van der Waals surface area contributed by atoms with E-state index in [9.17, 15) is 9.90 Å². The van der Waals surface area contributed by atoms with Crippen molar-refractivity contribution in [3.63, 3.8) is 0 Å². The molecular weight excluding hydrogens is 324 g/mol. The summed E-state index contributed by atoms with van der Waals surface area (Å²) >= 11 is 0. The summed E-state index contributed by atoms with van der Waals surface area (Å²) in [7, 11) is 0. The molecule has 0 amide bonds. The quantitative estimate of drug-likeness (QED) is 0.318. The van der Waals surface area contributed by atoms with Crippen LogP contribution >= 0.6 is 0 Å². The van der Waals surface area contributed by atoms with Gasteiger partial charge in [-0.25, -0.2) is 0 Å². The fraction of sp³-hybridized carbons (Fsp3) is 0.696. The lowest BCUT2D eigenvalue weighted by Gasteiger charge is -2.14. The Kier molecular flexibility index (Phi) is 11.1. The van der Waals surface area contributed by atoms with Gasteiger partial charge in [0.05, 0.1) is 12.5 Å². The van der Waals surface area contributed by atoms with Crippen molar-refractivity contribution in [2.24, 2.45) is 0 Å². The van der Waals surface area contributed by atoms with Crippen LogP contribution in [0.25, 0.3) is 0 Å². The van der Waals surface area contributed by atoms with E-state index in [1.54, 1.807) is 0 Å². The number of esters is 1. The van der Waals surface area contributed by atoms with E-state index in [1.807, 2.05) is 32.9 Å². The number of hydrogen-bond acceptors (Lipinski definition) is 3. The molecular formula is C23H38O3. The number of unbranched alkanes of at least 4 members (excludes halogenated alkanes) is 9. The highest BCUT2D eigenvalue weighted by Crippen LogP contribution is 2.27. The standard InChI is InChI=1S/C23H38O3/c1-5-6-7-8-9-10-11-12-13-14-15-26-23(25)20(4)21-16-18(2)22(24)19(3)17-21/h16-17,20,24H,5-15H2,1-4H3. The molecule has 0 aliphatic carbocycles. The highest BCUT2D eigenvalue weighted by atomic mass is 16.5. The first-order chi connectivity index (χ1) is 12.5. The molecule has 0 saturated carbocycles. The Hall–Kier alpha value is -1.51. The van der Waals surface area contributed by atoms with Crippen molar-refractivity contribution in [1.82, 2.24) is 0 Å². The van der Waals surface area contributed by atoms with Crippen LogP contribution in [0.3, 0.4) is 0 Å². The van der Waals surface area contributed by atoms with Crippen LogP contribution in [0.15, 0.2) is 12.1 Å². The third kappa shape index (κ3) is 8.25. The maximum absolute atomic E-state index is 12.2. The van der Waals surface area contributed by atoms with Crippen LogP contribution in [0.2, 0.25) is 0 Å². The predicted molar refractivity (Wildman–Crippen MR) is 109 cm³/mol. The summed E-state index contributed by atoms with van der Waals surface area (Å²) in [4.78, 5) is 12.2. The molecule has 0 bridgehead atoms. The Bertz CT molecular complexity index is 513. The zero-order valence-corrected chi connectivity index (χ0v) is 17.3. The molecule has 0 spiro atoms. The Morgan fingerprint density at radius 3 is 1.88 bits per heavy atom. The summed E-state index contributed by atoms with van der Waals surface area (Å²) in [5.74, 6) is -0.166. The van der Waals surface area contributed by atoms with Crippen LogP contribution in [0.4, 0.5) is 0 Å². The first-order valence-electron chi connectivity index (χ1n) is 10.4. The molecule has 26 heavy (non-hydrogen) atoms. The van der Waals surface area contributed by atoms with Crippen molar-refractivity contribution in [1.29, 1.82) is 0 Å². The molecule has 1 N–H and O–H groups in total. The van der Waals surface area contributed by atoms with Crippen LogP contribution in [0, 0.1) is 13.8 Å². The maximum atomic E-state index is 12.2. The number of rotatable bonds is 13. The second kappa shape index (κ2) is 12.8. The third-order valence-corrected chi connectivity index (χ3v) is 5.11. The van der Waals surface area contributed by atoms with Gasteiger partial charge in [0.25, 0.3) is 0 Å². The summed E-state index contributed by atoms with van der Waals surface area (Å²) in [6, 6.07) is 3.74. The molecule has 0 aliphatic rings. The van der Waals surface area contributed by atoms with Crippen LogP contribution in [0.1, 0.15) is 101 Å². The monoisotopic (exact) mass is 362 g/mol. The molecule has 0 aromatic heterocycles. The van der Waals surface area contributed by atoms with Crippen LogP contribution in [-0.2, 0) is 9.53 Å². The van der Waals surface area contributed by atoms with Gasteiger partial charge in [-0.15, -0.1) is 0 Å². The fourth-order valence-electron chi connectivity index (χ4n) is 3.26. The van der Waals surface area contributed by atoms with Crippen molar-refractivity contribution in [3.8, 4) is 5.75 Å². The lowest BCUT2D eigenvalue weighted by atomic mass is 9.96. The van der Waals surface area contributed by atoms with Crippen molar-refractivity contribution < 1.29 is 14.6 Å². The van der Waals surface area contributed by atoms with Crippen LogP contribution < -0.4 is 0 Å². The summed E-state index contributed by atoms with van der Waals surface area (Å²) in [6.45, 7) is 8.34. The van der Waals surface area contributed by atoms with E-state index in [2.05, 4.69) is 6.92 Å². The molecule has 1 atom stereocenters. The van der Waals surface area contributed by atoms with Gasteiger partial charge < -0.3 is 9.84 Å². The van der Waals surface area contributed by atoms with Crippen molar-refractivity contribution in [3.05, 3.63) is 28.8 Å². The predicted octanol–water partition coefficient (Wildman–Crippen LogP) is 6.58. The van der Waals surface area contributed by atoms with E-state index in [1.165, 1.54) is 51.4 Å². The number of aromatic hydroxyl groups is 1. The first kappa shape index (κ1) is 22.5. The summed E-state index contributed by atoms with van der Waals surface area (Å²) in [6.07, 6.45) is 12.7. The number of carbonyl (C=O) groups excluding carboxylic acids is 1. The van der Waals surface area contributed by atoms with Gasteiger partial charge >= 0.3 is 5.97 Å². The Balaban J connectivity index is 2.15. The second-order valence-corrected chi connectivity index (χ2v) is 7.57. The summed E-state index contributed by atoms with van der Waals surface area (Å²) in [5, 5.41) is 9.85. The number of hydrogen-bond donors (Lipinski definition) is 1. The van der Waals surface area contributed by atoms with E-state index < -0.39 is 0 Å². The average Bonchev–Trinajstić information content (AvgIpc) is 2.62. The molecule has 1 unspecified atom stereocenters. The minimum Gasteiger partial charge on any atom is -0.507 e. The molecule has 0 heterocycles. The van der Waals surface area contributed by atoms with Crippen LogP contribution in [-0.4, -0.2) is 17.7 Å². The van der Waals surface area contributed by atoms with Crippen LogP contribution in [0.5, 0.6) is 5.75 Å². The summed E-state index contributed by atoms with van der Waals surface area (Å²) < 4.78 is 5.44. The van der Waals surface area contributed by atoms with E-state index in [0.717, 1.165) is 29.5 Å². The number of phenolic OH excluding ortho intramolecular Hbond substituents is 1. The Morgan fingerprint density at radius 2 is 1.38 bits per heavy atom. The van der Waals surface area contributed by atoms with Gasteiger partial charge in [-0.2, -0.15) is 0 Å². The SMILES string of the molecule is CCCCCCCCCCCCOC(=O)C(C)c1cc(C)c(O)c(C)c1. The van der Waals surface area contributed by atoms with E-state index in [-0.39, 0.29) is 11.9 Å². The highest BCUT2D eigenvalue weighted by Gasteiger charge is 2.18. The number of benzene rings is 1. The minimum atomic E-state index is -0.295. The van der Waals surface area contributed by atoms with Crippen molar-refractivity contribution in [2.75, 3.05) is 6.61 Å². The van der Waals surface area contributed by atoms with Gasteiger partial charge in [-0.3, -0.25) is 4.79 Å². The number of ether oxygens (including phenoxy) is 1. The fourth-order valence-corrected chi connectivity index (χ4v) is 3.26. The molecule has 3 heteroatoms. The largest absolute Gasteiger partial charge is 0.507 e. The maximum Gasteiger partial charge on any atom is 0.313 e. The van der Waals surface area contributed by atoms with Gasteiger partial charge in [0.2, 0.25) is 0 Å². The van der Waals surface area contributed by atoms with E-state index >= 15 is 0 Å². The van der Waals surface area contributed by atoms with Gasteiger partial charge in [0.15, 0.2) is 0 Å². The second-order valence-electron chi connectivity index (χ2n) is 7.57. The van der Waals surface area contributed by atoms with Gasteiger partial charge in [0.1, 0.15) is 5.75 Å². The van der Waals surface area contributed by atoms with Gasteiger partial charge in [-0.05, 0) is 43.9 Å². The number of carbonyl (C=O) groups is 1. The Labute approximate surface area is 160 Å². The highest BCUT2D eigenvalue weighted by molar-refractivity contribution is 5.78. The van der Waals surface area contributed by atoms with Gasteiger partial charge in [-0.1, -0.05) is 76.8 Å². The first-order valence-corrected chi connectivity index (χ1v) is 10.4. The zero-order chi connectivity index (χ0) is 19.4. The number of phenols is 1. The Morgan fingerprint density at radius 1 is 0.923 bits per heavy atom. The smallest absolute Gasteiger partial charge is 0.313 e. The molecule has 0 saturated heterocycles. The molecule has 148 valence electrons. The lowest BCUT2D eigenvalue weighted by molar-refractivity contribution is -0.145. The average molecular weight is 363 g/mol. The van der Waals surface area contributed by atoms with Gasteiger partial charge in [0, 0.05) is 0 Å². The third-order valence-electron chi connectivity index (χ3n) is 5.11. The molecule has 0 fully saturated rings.